The third kappa shape index (κ3) is 25.1. The molecule has 0 heterocycles. The minimum absolute atomic E-state index is 0.101. The second-order valence-electron chi connectivity index (χ2n) is 9.90. The molecule has 0 spiro atoms. The van der Waals surface area contributed by atoms with Gasteiger partial charge in [0.05, 0.1) is 13.2 Å². The Balaban J connectivity index is 3.32. The van der Waals surface area contributed by atoms with Crippen LogP contribution < -0.4 is 0 Å². The van der Waals surface area contributed by atoms with E-state index in [2.05, 4.69) is 27.7 Å². The quantitative estimate of drug-likeness (QED) is 0.126. The van der Waals surface area contributed by atoms with Crippen molar-refractivity contribution < 1.29 is 19.1 Å². The van der Waals surface area contributed by atoms with Gasteiger partial charge in [0.1, 0.15) is 0 Å². The molecule has 0 aliphatic heterocycles. The first kappa shape index (κ1) is 29.9. The molecule has 0 bridgehead atoms. The first-order valence-corrected chi connectivity index (χ1v) is 13.2. The highest BCUT2D eigenvalue weighted by Gasteiger charge is 2.05. The minimum atomic E-state index is -0.101. The van der Waals surface area contributed by atoms with Gasteiger partial charge in [-0.1, -0.05) is 98.3 Å². The molecule has 0 N–H and O–H groups in total. The van der Waals surface area contributed by atoms with Gasteiger partial charge in [-0.15, -0.1) is 0 Å². The monoisotopic (exact) mass is 440 g/mol. The van der Waals surface area contributed by atoms with Crippen molar-refractivity contribution in [2.24, 2.45) is 11.8 Å². The van der Waals surface area contributed by atoms with Crippen LogP contribution in [0.15, 0.2) is 0 Å². The summed E-state index contributed by atoms with van der Waals surface area (Å²) in [6.07, 6.45) is 17.9. The van der Waals surface area contributed by atoms with Crippen LogP contribution in [0.5, 0.6) is 0 Å². The highest BCUT2D eigenvalue weighted by molar-refractivity contribution is 5.69. The molecular weight excluding hydrogens is 388 g/mol. The maximum atomic E-state index is 11.7. The van der Waals surface area contributed by atoms with Gasteiger partial charge in [0.15, 0.2) is 0 Å². The maximum Gasteiger partial charge on any atom is 0.305 e. The second-order valence-corrected chi connectivity index (χ2v) is 9.90. The fourth-order valence-electron chi connectivity index (χ4n) is 3.60. The van der Waals surface area contributed by atoms with Crippen LogP contribution in [0.1, 0.15) is 137 Å². The maximum absolute atomic E-state index is 11.7. The zero-order valence-corrected chi connectivity index (χ0v) is 21.2. The average molecular weight is 441 g/mol. The first-order valence-electron chi connectivity index (χ1n) is 13.2. The molecular formula is C27H52O4. The molecule has 0 fully saturated rings. The van der Waals surface area contributed by atoms with Crippen molar-refractivity contribution in [1.82, 2.24) is 0 Å². The lowest BCUT2D eigenvalue weighted by Crippen LogP contribution is -2.07. The van der Waals surface area contributed by atoms with Crippen LogP contribution in [0.4, 0.5) is 0 Å². The van der Waals surface area contributed by atoms with Crippen molar-refractivity contribution in [3.63, 3.8) is 0 Å². The predicted octanol–water partition coefficient (Wildman–Crippen LogP) is 8.02. The topological polar surface area (TPSA) is 52.6 Å². The number of carbonyl (C=O) groups is 2. The standard InChI is InChI=1S/C27H52O4/c1-24(2)18-12-7-5-9-16-22-30-26(28)20-14-11-15-21-27(29)31-23-17-10-6-8-13-19-25(3)4/h24-25H,5-23H2,1-4H3. The molecule has 0 aliphatic carbocycles. The molecule has 0 saturated heterocycles. The van der Waals surface area contributed by atoms with E-state index in [0.717, 1.165) is 56.8 Å². The van der Waals surface area contributed by atoms with E-state index >= 15 is 0 Å². The molecule has 0 atom stereocenters. The van der Waals surface area contributed by atoms with Crippen molar-refractivity contribution in [3.05, 3.63) is 0 Å². The molecule has 184 valence electrons. The van der Waals surface area contributed by atoms with Crippen LogP contribution in [0, 0.1) is 11.8 Å². The minimum Gasteiger partial charge on any atom is -0.466 e. The first-order chi connectivity index (χ1) is 14.9. The van der Waals surface area contributed by atoms with Crippen molar-refractivity contribution in [2.45, 2.75) is 137 Å². The zero-order valence-electron chi connectivity index (χ0n) is 21.2. The molecule has 0 aromatic heterocycles. The van der Waals surface area contributed by atoms with Gasteiger partial charge in [0.2, 0.25) is 0 Å². The van der Waals surface area contributed by atoms with Gasteiger partial charge in [-0.25, -0.2) is 0 Å². The molecule has 4 heteroatoms. The van der Waals surface area contributed by atoms with Crippen molar-refractivity contribution in [1.29, 1.82) is 0 Å². The number of rotatable bonds is 22. The van der Waals surface area contributed by atoms with Crippen molar-refractivity contribution in [2.75, 3.05) is 13.2 Å². The largest absolute Gasteiger partial charge is 0.466 e. The van der Waals surface area contributed by atoms with Gasteiger partial charge in [-0.05, 0) is 37.5 Å². The third-order valence-corrected chi connectivity index (χ3v) is 5.64. The lowest BCUT2D eigenvalue weighted by molar-refractivity contribution is -0.144. The van der Waals surface area contributed by atoms with Crippen LogP contribution >= 0.6 is 0 Å². The fraction of sp³-hybridized carbons (Fsp3) is 0.926. The molecule has 0 aromatic carbocycles. The van der Waals surface area contributed by atoms with Gasteiger partial charge in [-0.2, -0.15) is 0 Å². The molecule has 31 heavy (non-hydrogen) atoms. The van der Waals surface area contributed by atoms with Gasteiger partial charge in [0.25, 0.3) is 0 Å². The molecule has 0 rings (SSSR count). The summed E-state index contributed by atoms with van der Waals surface area (Å²) in [7, 11) is 0. The second kappa shape index (κ2) is 22.1. The Kier molecular flexibility index (Phi) is 21.4. The Bertz CT molecular complexity index is 379. The molecule has 0 aliphatic rings. The van der Waals surface area contributed by atoms with E-state index in [1.54, 1.807) is 0 Å². The molecule has 0 amide bonds. The molecule has 0 saturated carbocycles. The predicted molar refractivity (Wildman–Crippen MR) is 130 cm³/mol. The van der Waals surface area contributed by atoms with E-state index in [9.17, 15) is 9.59 Å². The Morgan fingerprint density at radius 2 is 0.806 bits per heavy atom. The number of hydrogen-bond donors (Lipinski definition) is 0. The van der Waals surface area contributed by atoms with E-state index in [0.29, 0.717) is 26.1 Å². The van der Waals surface area contributed by atoms with Crippen LogP contribution in [-0.2, 0) is 19.1 Å². The molecule has 4 nitrogen and oxygen atoms in total. The van der Waals surface area contributed by atoms with Crippen LogP contribution in [0.3, 0.4) is 0 Å². The Morgan fingerprint density at radius 3 is 1.19 bits per heavy atom. The summed E-state index contributed by atoms with van der Waals surface area (Å²) in [5.41, 5.74) is 0. The van der Waals surface area contributed by atoms with E-state index < -0.39 is 0 Å². The number of hydrogen-bond acceptors (Lipinski definition) is 4. The van der Waals surface area contributed by atoms with Gasteiger partial charge in [-0.3, -0.25) is 9.59 Å². The molecule has 0 radical (unpaired) electrons. The van der Waals surface area contributed by atoms with Crippen LogP contribution in [0.25, 0.3) is 0 Å². The Morgan fingerprint density at radius 1 is 0.484 bits per heavy atom. The number of carbonyl (C=O) groups excluding carboxylic acids is 2. The van der Waals surface area contributed by atoms with Crippen molar-refractivity contribution >= 4 is 11.9 Å². The SMILES string of the molecule is CC(C)CCCCCCCOC(=O)CCCCCC(=O)OCCCCCCCC(C)C. The summed E-state index contributed by atoms with van der Waals surface area (Å²) in [5, 5.41) is 0. The Hall–Kier alpha value is -1.06. The van der Waals surface area contributed by atoms with Gasteiger partial charge < -0.3 is 9.47 Å². The summed E-state index contributed by atoms with van der Waals surface area (Å²) >= 11 is 0. The summed E-state index contributed by atoms with van der Waals surface area (Å²) in [5.74, 6) is 1.39. The number of ether oxygens (including phenoxy) is 2. The zero-order chi connectivity index (χ0) is 23.2. The van der Waals surface area contributed by atoms with Gasteiger partial charge in [0, 0.05) is 12.8 Å². The average Bonchev–Trinajstić information content (AvgIpc) is 2.71. The lowest BCUT2D eigenvalue weighted by Gasteiger charge is -2.07. The highest BCUT2D eigenvalue weighted by atomic mass is 16.5. The third-order valence-electron chi connectivity index (χ3n) is 5.64. The van der Waals surface area contributed by atoms with E-state index in [4.69, 9.17) is 9.47 Å². The Labute approximate surface area is 193 Å². The van der Waals surface area contributed by atoms with Crippen LogP contribution in [-0.4, -0.2) is 25.2 Å². The smallest absolute Gasteiger partial charge is 0.305 e. The number of esters is 2. The highest BCUT2D eigenvalue weighted by Crippen LogP contribution is 2.12. The summed E-state index contributed by atoms with van der Waals surface area (Å²) in [4.78, 5) is 23.5. The lowest BCUT2D eigenvalue weighted by atomic mass is 10.0. The number of unbranched alkanes of at least 4 members (excludes halogenated alkanes) is 10. The summed E-state index contributed by atoms with van der Waals surface area (Å²) < 4.78 is 10.6. The molecule has 0 aromatic rings. The molecule has 0 unspecified atom stereocenters. The summed E-state index contributed by atoms with van der Waals surface area (Å²) in [6.45, 7) is 10.2. The van der Waals surface area contributed by atoms with E-state index in [-0.39, 0.29) is 11.9 Å². The normalized spacial score (nSPS) is 11.3. The van der Waals surface area contributed by atoms with Crippen LogP contribution in [0.2, 0.25) is 0 Å². The van der Waals surface area contributed by atoms with Gasteiger partial charge >= 0.3 is 11.9 Å². The fourth-order valence-corrected chi connectivity index (χ4v) is 3.60. The van der Waals surface area contributed by atoms with E-state index in [1.807, 2.05) is 0 Å². The van der Waals surface area contributed by atoms with E-state index in [1.165, 1.54) is 51.4 Å². The summed E-state index contributed by atoms with van der Waals surface area (Å²) in [6, 6.07) is 0. The van der Waals surface area contributed by atoms with Crippen molar-refractivity contribution in [3.8, 4) is 0 Å².